The molecule has 0 saturated carbocycles. The van der Waals surface area contributed by atoms with Gasteiger partial charge in [0.15, 0.2) is 0 Å². The van der Waals surface area contributed by atoms with Crippen LogP contribution in [0.5, 0.6) is 0 Å². The number of halogens is 1. The van der Waals surface area contributed by atoms with Crippen LogP contribution in [0, 0.1) is 5.92 Å². The molecule has 1 aliphatic rings. The van der Waals surface area contributed by atoms with E-state index in [1.807, 2.05) is 6.92 Å². The molecule has 1 aliphatic heterocycles. The first kappa shape index (κ1) is 13.1. The molecule has 1 aromatic rings. The van der Waals surface area contributed by atoms with Crippen LogP contribution >= 0.6 is 15.9 Å². The molecule has 3 heteroatoms. The summed E-state index contributed by atoms with van der Waals surface area (Å²) in [5, 5.41) is 9.63. The van der Waals surface area contributed by atoms with Gasteiger partial charge in [0.1, 0.15) is 0 Å². The van der Waals surface area contributed by atoms with Crippen LogP contribution in [0.4, 0.5) is 0 Å². The molecule has 1 saturated heterocycles. The smallest absolute Gasteiger partial charge is 0.0552 e. The first-order chi connectivity index (χ1) is 8.08. The Morgan fingerprint density at radius 3 is 2.47 bits per heavy atom. The number of rotatable bonds is 3. The maximum absolute atomic E-state index is 9.63. The number of likely N-dealkylation sites (tertiary alicyclic amines) is 1. The van der Waals surface area contributed by atoms with Gasteiger partial charge in [-0.2, -0.15) is 0 Å². The van der Waals surface area contributed by atoms with Gasteiger partial charge in [-0.3, -0.25) is 4.90 Å². The van der Waals surface area contributed by atoms with Crippen LogP contribution in [-0.2, 0) is 0 Å². The van der Waals surface area contributed by atoms with Crippen LogP contribution in [0.3, 0.4) is 0 Å². The van der Waals surface area contributed by atoms with E-state index in [2.05, 4.69) is 52.0 Å². The van der Waals surface area contributed by atoms with E-state index >= 15 is 0 Å². The van der Waals surface area contributed by atoms with E-state index < -0.39 is 0 Å². The van der Waals surface area contributed by atoms with E-state index in [-0.39, 0.29) is 6.10 Å². The van der Waals surface area contributed by atoms with Gasteiger partial charge in [-0.1, -0.05) is 28.1 Å². The summed E-state index contributed by atoms with van der Waals surface area (Å²) in [6, 6.07) is 8.96. The highest BCUT2D eigenvalue weighted by Crippen LogP contribution is 2.29. The summed E-state index contributed by atoms with van der Waals surface area (Å²) < 4.78 is 1.12. The normalized spacial score (nSPS) is 24.8. The molecule has 0 radical (unpaired) electrons. The summed E-state index contributed by atoms with van der Waals surface area (Å²) in [6.07, 6.45) is 0.926. The predicted molar refractivity (Wildman–Crippen MR) is 73.9 cm³/mol. The van der Waals surface area contributed by atoms with Crippen LogP contribution < -0.4 is 0 Å². The predicted octanol–water partition coefficient (Wildman–Crippen LogP) is 3.21. The van der Waals surface area contributed by atoms with E-state index in [1.165, 1.54) is 5.56 Å². The average molecular weight is 298 g/mol. The molecule has 1 heterocycles. The molecule has 3 atom stereocenters. The first-order valence-corrected chi connectivity index (χ1v) is 7.05. The Balaban J connectivity index is 2.01. The monoisotopic (exact) mass is 297 g/mol. The lowest BCUT2D eigenvalue weighted by Crippen LogP contribution is -2.26. The van der Waals surface area contributed by atoms with Crippen molar-refractivity contribution < 1.29 is 5.11 Å². The van der Waals surface area contributed by atoms with Crippen LogP contribution in [-0.4, -0.2) is 29.2 Å². The molecule has 94 valence electrons. The zero-order valence-electron chi connectivity index (χ0n) is 10.4. The number of hydrogen-bond acceptors (Lipinski definition) is 2. The lowest BCUT2D eigenvalue weighted by Gasteiger charge is -2.25. The summed E-state index contributed by atoms with van der Waals surface area (Å²) >= 11 is 3.46. The van der Waals surface area contributed by atoms with Crippen molar-refractivity contribution in [3.05, 3.63) is 34.3 Å². The fourth-order valence-electron chi connectivity index (χ4n) is 2.51. The van der Waals surface area contributed by atoms with E-state index in [0.29, 0.717) is 12.0 Å². The maximum atomic E-state index is 9.63. The highest BCUT2D eigenvalue weighted by Gasteiger charge is 2.29. The van der Waals surface area contributed by atoms with Gasteiger partial charge in [-0.15, -0.1) is 0 Å². The Bertz CT molecular complexity index is 363. The van der Waals surface area contributed by atoms with Crippen molar-refractivity contribution in [2.75, 3.05) is 13.1 Å². The molecule has 2 nitrogen and oxygen atoms in total. The Hall–Kier alpha value is -0.380. The number of benzene rings is 1. The van der Waals surface area contributed by atoms with Gasteiger partial charge in [-0.25, -0.2) is 0 Å². The quantitative estimate of drug-likeness (QED) is 0.926. The van der Waals surface area contributed by atoms with Crippen molar-refractivity contribution in [3.8, 4) is 0 Å². The van der Waals surface area contributed by atoms with Crippen molar-refractivity contribution >= 4 is 15.9 Å². The van der Waals surface area contributed by atoms with Crippen molar-refractivity contribution in [2.24, 2.45) is 5.92 Å². The summed E-state index contributed by atoms with van der Waals surface area (Å²) in [5.41, 5.74) is 1.35. The number of aliphatic hydroxyl groups is 1. The molecule has 0 spiro atoms. The minimum atomic E-state index is -0.183. The van der Waals surface area contributed by atoms with Gasteiger partial charge in [0.2, 0.25) is 0 Å². The second-order valence-electron chi connectivity index (χ2n) is 5.01. The molecule has 3 unspecified atom stereocenters. The Morgan fingerprint density at radius 1 is 1.29 bits per heavy atom. The molecule has 0 amide bonds. The fourth-order valence-corrected chi connectivity index (χ4v) is 2.78. The second kappa shape index (κ2) is 5.51. The van der Waals surface area contributed by atoms with Gasteiger partial charge < -0.3 is 5.11 Å². The molecule has 1 fully saturated rings. The third-order valence-electron chi connectivity index (χ3n) is 3.84. The topological polar surface area (TPSA) is 23.5 Å². The summed E-state index contributed by atoms with van der Waals surface area (Å²) in [5.74, 6) is 0.438. The first-order valence-electron chi connectivity index (χ1n) is 6.25. The Kier molecular flexibility index (Phi) is 4.23. The van der Waals surface area contributed by atoms with Crippen molar-refractivity contribution in [1.29, 1.82) is 0 Å². The average Bonchev–Trinajstić information content (AvgIpc) is 2.78. The number of hydrogen-bond donors (Lipinski definition) is 1. The van der Waals surface area contributed by atoms with E-state index in [4.69, 9.17) is 0 Å². The molecule has 0 aliphatic carbocycles. The second-order valence-corrected chi connectivity index (χ2v) is 5.93. The van der Waals surface area contributed by atoms with E-state index in [9.17, 15) is 5.11 Å². The molecule has 1 aromatic carbocycles. The van der Waals surface area contributed by atoms with Gasteiger partial charge >= 0.3 is 0 Å². The zero-order chi connectivity index (χ0) is 12.4. The standard InChI is InChI=1S/C14H20BrNO/c1-10(12-3-5-14(15)6-4-12)16-8-7-13(9-16)11(2)17/h3-6,10-11,13,17H,7-9H2,1-2H3. The van der Waals surface area contributed by atoms with Crippen molar-refractivity contribution in [1.82, 2.24) is 4.90 Å². The lowest BCUT2D eigenvalue weighted by atomic mass is 10.0. The fraction of sp³-hybridized carbons (Fsp3) is 0.571. The molecule has 0 bridgehead atoms. The minimum absolute atomic E-state index is 0.183. The third-order valence-corrected chi connectivity index (χ3v) is 4.37. The Morgan fingerprint density at radius 2 is 1.94 bits per heavy atom. The minimum Gasteiger partial charge on any atom is -0.393 e. The molecular formula is C14H20BrNO. The van der Waals surface area contributed by atoms with Crippen LogP contribution in [0.25, 0.3) is 0 Å². The third kappa shape index (κ3) is 3.09. The van der Waals surface area contributed by atoms with Crippen molar-refractivity contribution in [3.63, 3.8) is 0 Å². The molecule has 2 rings (SSSR count). The zero-order valence-corrected chi connectivity index (χ0v) is 12.0. The highest BCUT2D eigenvalue weighted by molar-refractivity contribution is 9.10. The number of aliphatic hydroxyl groups excluding tert-OH is 1. The van der Waals surface area contributed by atoms with Crippen LogP contribution in [0.2, 0.25) is 0 Å². The SMILES string of the molecule is CC(O)C1CCN(C(C)c2ccc(Br)cc2)C1. The summed E-state index contributed by atoms with van der Waals surface area (Å²) in [7, 11) is 0. The number of nitrogens with zero attached hydrogens (tertiary/aromatic N) is 1. The molecule has 17 heavy (non-hydrogen) atoms. The molecule has 0 aromatic heterocycles. The van der Waals surface area contributed by atoms with E-state index in [0.717, 1.165) is 24.0 Å². The van der Waals surface area contributed by atoms with E-state index in [1.54, 1.807) is 0 Å². The highest BCUT2D eigenvalue weighted by atomic mass is 79.9. The summed E-state index contributed by atoms with van der Waals surface area (Å²) in [4.78, 5) is 2.46. The van der Waals surface area contributed by atoms with Gasteiger partial charge in [0.05, 0.1) is 6.10 Å². The molecule has 1 N–H and O–H groups in total. The molecular weight excluding hydrogens is 278 g/mol. The largest absolute Gasteiger partial charge is 0.393 e. The van der Waals surface area contributed by atoms with Crippen LogP contribution in [0.1, 0.15) is 31.9 Å². The van der Waals surface area contributed by atoms with Gasteiger partial charge in [-0.05, 0) is 50.4 Å². The van der Waals surface area contributed by atoms with Crippen LogP contribution in [0.15, 0.2) is 28.7 Å². The lowest BCUT2D eigenvalue weighted by molar-refractivity contribution is 0.123. The van der Waals surface area contributed by atoms with Gasteiger partial charge in [0.25, 0.3) is 0 Å². The van der Waals surface area contributed by atoms with Gasteiger partial charge in [0, 0.05) is 17.1 Å². The summed E-state index contributed by atoms with van der Waals surface area (Å²) in [6.45, 7) is 6.24. The maximum Gasteiger partial charge on any atom is 0.0552 e. The Labute approximate surface area is 112 Å². The van der Waals surface area contributed by atoms with Crippen molar-refractivity contribution in [2.45, 2.75) is 32.4 Å².